The summed E-state index contributed by atoms with van der Waals surface area (Å²) in [6.07, 6.45) is 3.09. The van der Waals surface area contributed by atoms with Crippen LogP contribution < -0.4 is 5.32 Å². The van der Waals surface area contributed by atoms with Crippen molar-refractivity contribution in [2.75, 3.05) is 6.61 Å². The van der Waals surface area contributed by atoms with E-state index in [0.717, 1.165) is 30.3 Å². The molecule has 0 saturated heterocycles. The highest BCUT2D eigenvalue weighted by atomic mass is 19.1. The van der Waals surface area contributed by atoms with Crippen LogP contribution >= 0.6 is 0 Å². The van der Waals surface area contributed by atoms with Crippen molar-refractivity contribution in [3.63, 3.8) is 0 Å². The summed E-state index contributed by atoms with van der Waals surface area (Å²) in [5.74, 6) is 0.788. The number of halogens is 1. The van der Waals surface area contributed by atoms with Crippen molar-refractivity contribution in [3.05, 3.63) is 41.1 Å². The van der Waals surface area contributed by atoms with Crippen LogP contribution in [0.15, 0.2) is 18.3 Å². The highest BCUT2D eigenvalue weighted by Crippen LogP contribution is 2.57. The van der Waals surface area contributed by atoms with Crippen molar-refractivity contribution in [2.45, 2.75) is 38.1 Å². The first kappa shape index (κ1) is 15.3. The van der Waals surface area contributed by atoms with Gasteiger partial charge in [0.1, 0.15) is 5.82 Å². The fourth-order valence-electron chi connectivity index (χ4n) is 3.37. The summed E-state index contributed by atoms with van der Waals surface area (Å²) in [7, 11) is 0. The highest BCUT2D eigenvalue weighted by Gasteiger charge is 2.50. The van der Waals surface area contributed by atoms with Crippen molar-refractivity contribution in [1.29, 1.82) is 0 Å². The van der Waals surface area contributed by atoms with Crippen LogP contribution in [0.1, 0.15) is 47.9 Å². The molecule has 2 aromatic rings. The Labute approximate surface area is 138 Å². The zero-order valence-electron chi connectivity index (χ0n) is 13.6. The zero-order valence-corrected chi connectivity index (χ0v) is 13.6. The van der Waals surface area contributed by atoms with E-state index < -0.39 is 11.4 Å². The molecular formula is C17H19FN4O2. The van der Waals surface area contributed by atoms with Gasteiger partial charge in [-0.15, -0.1) is 0 Å². The van der Waals surface area contributed by atoms with Crippen LogP contribution in [0.5, 0.6) is 0 Å². The van der Waals surface area contributed by atoms with Crippen LogP contribution in [-0.4, -0.2) is 37.9 Å². The minimum Gasteiger partial charge on any atom is -0.394 e. The number of nitrogens with one attached hydrogen (secondary N) is 1. The second-order valence-corrected chi connectivity index (χ2v) is 7.26. The molecule has 1 saturated carbocycles. The van der Waals surface area contributed by atoms with Crippen LogP contribution in [-0.2, 0) is 6.42 Å². The molecule has 7 heteroatoms. The monoisotopic (exact) mass is 330 g/mol. The third-order valence-corrected chi connectivity index (χ3v) is 4.75. The molecule has 2 N–H and O–H groups in total. The normalized spacial score (nSPS) is 21.3. The first-order valence-corrected chi connectivity index (χ1v) is 8.07. The predicted octanol–water partition coefficient (Wildman–Crippen LogP) is 1.57. The van der Waals surface area contributed by atoms with E-state index in [1.807, 2.05) is 0 Å². The summed E-state index contributed by atoms with van der Waals surface area (Å²) >= 11 is 0. The van der Waals surface area contributed by atoms with E-state index in [0.29, 0.717) is 23.3 Å². The van der Waals surface area contributed by atoms with Gasteiger partial charge in [0.15, 0.2) is 11.5 Å². The number of hydrogen-bond acceptors (Lipinski definition) is 4. The van der Waals surface area contributed by atoms with E-state index in [2.05, 4.69) is 15.4 Å². The van der Waals surface area contributed by atoms with E-state index in [1.54, 1.807) is 24.6 Å². The van der Waals surface area contributed by atoms with Gasteiger partial charge in [-0.1, -0.05) is 0 Å². The molecule has 24 heavy (non-hydrogen) atoms. The molecule has 0 bridgehead atoms. The zero-order chi connectivity index (χ0) is 17.1. The Kier molecular flexibility index (Phi) is 3.25. The molecule has 2 aliphatic rings. The number of carbonyl (C=O) groups excluding carboxylic acids is 1. The Hall–Kier alpha value is -2.28. The van der Waals surface area contributed by atoms with Crippen LogP contribution in [0.4, 0.5) is 4.39 Å². The smallest absolute Gasteiger partial charge is 0.272 e. The lowest BCUT2D eigenvalue weighted by Gasteiger charge is -2.23. The molecule has 0 aromatic carbocycles. The van der Waals surface area contributed by atoms with Crippen LogP contribution in [0.2, 0.25) is 0 Å². The number of aliphatic hydroxyl groups excluding tert-OH is 1. The van der Waals surface area contributed by atoms with Gasteiger partial charge < -0.3 is 10.4 Å². The summed E-state index contributed by atoms with van der Waals surface area (Å²) in [5.41, 5.74) is 1.63. The average Bonchev–Trinajstić information content (AvgIpc) is 3.04. The number of carbonyl (C=O) groups is 1. The summed E-state index contributed by atoms with van der Waals surface area (Å²) in [5, 5.41) is 16.6. The fourth-order valence-corrected chi connectivity index (χ4v) is 3.37. The molecular weight excluding hydrogens is 311 g/mol. The lowest BCUT2D eigenvalue weighted by atomic mass is 10.1. The molecule has 2 atom stereocenters. The van der Waals surface area contributed by atoms with Crippen molar-refractivity contribution < 1.29 is 14.3 Å². The van der Waals surface area contributed by atoms with Gasteiger partial charge in [0, 0.05) is 11.5 Å². The molecule has 0 aliphatic heterocycles. The topological polar surface area (TPSA) is 80.0 Å². The van der Waals surface area contributed by atoms with Gasteiger partial charge in [-0.25, -0.2) is 14.1 Å². The van der Waals surface area contributed by atoms with Gasteiger partial charge in [-0.2, -0.15) is 5.10 Å². The number of rotatable bonds is 4. The van der Waals surface area contributed by atoms with Gasteiger partial charge in [-0.05, 0) is 44.7 Å². The third kappa shape index (κ3) is 2.39. The largest absolute Gasteiger partial charge is 0.394 e. The molecule has 0 radical (unpaired) electrons. The molecule has 2 aromatic heterocycles. The fraction of sp³-hybridized carbons (Fsp3) is 0.471. The standard InChI is InChI=1S/C17H19FN4O2/c1-17(2,8-23)20-16(24)14-12-6-9-5-11(9)15(12)22(21-14)13-4-3-10(18)7-19-13/h3-4,7,9,11,23H,5-6,8H2,1-2H3,(H,20,24)/t9?,11-/m1/s1. The Balaban J connectivity index is 1.75. The van der Waals surface area contributed by atoms with Gasteiger partial charge in [-0.3, -0.25) is 4.79 Å². The van der Waals surface area contributed by atoms with E-state index in [4.69, 9.17) is 0 Å². The van der Waals surface area contributed by atoms with Crippen LogP contribution in [0.25, 0.3) is 5.82 Å². The molecule has 4 rings (SSSR count). The molecule has 1 unspecified atom stereocenters. The summed E-state index contributed by atoms with van der Waals surface area (Å²) < 4.78 is 14.8. The van der Waals surface area contributed by atoms with Gasteiger partial charge in [0.05, 0.1) is 24.0 Å². The average molecular weight is 330 g/mol. The Morgan fingerprint density at radius 2 is 2.29 bits per heavy atom. The number of aromatic nitrogens is 3. The second kappa shape index (κ2) is 5.11. The number of aliphatic hydroxyl groups is 1. The highest BCUT2D eigenvalue weighted by molar-refractivity contribution is 5.95. The maximum atomic E-state index is 13.1. The van der Waals surface area contributed by atoms with Crippen LogP contribution in [0, 0.1) is 11.7 Å². The number of hydrogen-bond donors (Lipinski definition) is 2. The van der Waals surface area contributed by atoms with E-state index in [9.17, 15) is 14.3 Å². The Morgan fingerprint density at radius 3 is 2.96 bits per heavy atom. The molecule has 1 fully saturated rings. The summed E-state index contributed by atoms with van der Waals surface area (Å²) in [6, 6.07) is 2.90. The van der Waals surface area contributed by atoms with E-state index >= 15 is 0 Å². The van der Waals surface area contributed by atoms with Gasteiger partial charge in [0.2, 0.25) is 0 Å². The number of nitrogens with zero attached hydrogens (tertiary/aromatic N) is 3. The number of pyridine rings is 1. The molecule has 1 amide bonds. The van der Waals surface area contributed by atoms with E-state index in [1.165, 1.54) is 6.07 Å². The quantitative estimate of drug-likeness (QED) is 0.892. The van der Waals surface area contributed by atoms with E-state index in [-0.39, 0.29) is 12.5 Å². The maximum Gasteiger partial charge on any atom is 0.272 e. The van der Waals surface area contributed by atoms with Gasteiger partial charge >= 0.3 is 0 Å². The SMILES string of the molecule is CC(C)(CO)NC(=O)c1nn(-c2ccc(F)cn2)c2c1CC1C[C@@H]21. The van der Waals surface area contributed by atoms with Crippen LogP contribution in [0.3, 0.4) is 0 Å². The van der Waals surface area contributed by atoms with Crippen molar-refractivity contribution in [1.82, 2.24) is 20.1 Å². The lowest BCUT2D eigenvalue weighted by molar-refractivity contribution is 0.0863. The molecule has 2 heterocycles. The van der Waals surface area contributed by atoms with Crippen molar-refractivity contribution in [2.24, 2.45) is 5.92 Å². The minimum atomic E-state index is -0.719. The Bertz CT molecular complexity index is 813. The molecule has 126 valence electrons. The molecule has 0 spiro atoms. The Morgan fingerprint density at radius 1 is 1.50 bits per heavy atom. The summed E-state index contributed by atoms with van der Waals surface area (Å²) in [6.45, 7) is 3.34. The second-order valence-electron chi connectivity index (χ2n) is 7.26. The van der Waals surface area contributed by atoms with Crippen molar-refractivity contribution >= 4 is 5.91 Å². The lowest BCUT2D eigenvalue weighted by Crippen LogP contribution is -2.46. The maximum absolute atomic E-state index is 13.1. The first-order chi connectivity index (χ1) is 11.4. The predicted molar refractivity (Wildman–Crippen MR) is 84.5 cm³/mol. The summed E-state index contributed by atoms with van der Waals surface area (Å²) in [4.78, 5) is 16.7. The molecule has 2 aliphatic carbocycles. The van der Waals surface area contributed by atoms with Gasteiger partial charge in [0.25, 0.3) is 5.91 Å². The number of fused-ring (bicyclic) bond motifs is 3. The third-order valence-electron chi connectivity index (χ3n) is 4.75. The number of amides is 1. The minimum absolute atomic E-state index is 0.160. The first-order valence-electron chi connectivity index (χ1n) is 8.07. The van der Waals surface area contributed by atoms with Crippen molar-refractivity contribution in [3.8, 4) is 5.82 Å². The molecule has 6 nitrogen and oxygen atoms in total.